The first-order chi connectivity index (χ1) is 9.57. The molecule has 2 rings (SSSR count). The van der Waals surface area contributed by atoms with Gasteiger partial charge in [-0.25, -0.2) is 13.1 Å². The van der Waals surface area contributed by atoms with E-state index in [-0.39, 0.29) is 11.8 Å². The summed E-state index contributed by atoms with van der Waals surface area (Å²) in [4.78, 5) is 0. The standard InChI is InChI=1S/C15H30N2O2S/c1-13(14-7-3-2-4-8-14)17-20(18,19)12-10-15-9-5-6-11-16-15/h13-17H,2-12H2,1H3. The van der Waals surface area contributed by atoms with Crippen LogP contribution in [0.4, 0.5) is 0 Å². The van der Waals surface area contributed by atoms with Gasteiger partial charge in [0.25, 0.3) is 0 Å². The topological polar surface area (TPSA) is 58.2 Å². The van der Waals surface area contributed by atoms with Crippen LogP contribution in [-0.2, 0) is 10.0 Å². The Kier molecular flexibility index (Phi) is 6.30. The molecule has 5 heteroatoms. The largest absolute Gasteiger partial charge is 0.314 e. The summed E-state index contributed by atoms with van der Waals surface area (Å²) in [5.74, 6) is 0.799. The van der Waals surface area contributed by atoms with E-state index in [1.165, 1.54) is 44.9 Å². The Bertz CT molecular complexity index is 371. The molecule has 2 unspecified atom stereocenters. The molecule has 4 nitrogen and oxygen atoms in total. The second kappa shape index (κ2) is 7.76. The number of hydrogen-bond acceptors (Lipinski definition) is 3. The molecule has 1 aliphatic carbocycles. The molecule has 2 fully saturated rings. The van der Waals surface area contributed by atoms with Gasteiger partial charge in [0.2, 0.25) is 10.0 Å². The molecule has 0 amide bonds. The number of piperidine rings is 1. The first-order valence-electron chi connectivity index (χ1n) is 8.30. The number of sulfonamides is 1. The maximum atomic E-state index is 12.2. The van der Waals surface area contributed by atoms with Crippen molar-refractivity contribution < 1.29 is 8.42 Å². The average Bonchev–Trinajstić information content (AvgIpc) is 2.47. The molecule has 0 spiro atoms. The summed E-state index contributed by atoms with van der Waals surface area (Å²) in [5, 5.41) is 3.42. The lowest BCUT2D eigenvalue weighted by Gasteiger charge is -2.28. The second-order valence-electron chi connectivity index (χ2n) is 6.56. The van der Waals surface area contributed by atoms with E-state index in [0.29, 0.717) is 12.0 Å². The third-order valence-electron chi connectivity index (χ3n) is 4.87. The zero-order valence-corrected chi connectivity index (χ0v) is 13.6. The molecule has 118 valence electrons. The smallest absolute Gasteiger partial charge is 0.211 e. The van der Waals surface area contributed by atoms with Crippen molar-refractivity contribution in [2.24, 2.45) is 5.92 Å². The van der Waals surface area contributed by atoms with Gasteiger partial charge in [-0.1, -0.05) is 25.7 Å². The van der Waals surface area contributed by atoms with Gasteiger partial charge < -0.3 is 5.32 Å². The molecule has 2 aliphatic rings. The molecule has 2 atom stereocenters. The Hall–Kier alpha value is -0.130. The maximum Gasteiger partial charge on any atom is 0.211 e. The normalized spacial score (nSPS) is 27.4. The third-order valence-corrected chi connectivity index (χ3v) is 6.37. The lowest BCUT2D eigenvalue weighted by molar-refractivity contribution is 0.302. The average molecular weight is 302 g/mol. The molecule has 1 saturated heterocycles. The lowest BCUT2D eigenvalue weighted by atomic mass is 9.85. The van der Waals surface area contributed by atoms with Crippen LogP contribution in [0.3, 0.4) is 0 Å². The van der Waals surface area contributed by atoms with Gasteiger partial charge in [0.15, 0.2) is 0 Å². The summed E-state index contributed by atoms with van der Waals surface area (Å²) in [6, 6.07) is 0.491. The fourth-order valence-corrected chi connectivity index (χ4v) is 5.01. The van der Waals surface area contributed by atoms with Gasteiger partial charge in [-0.15, -0.1) is 0 Å². The van der Waals surface area contributed by atoms with Gasteiger partial charge in [-0.3, -0.25) is 0 Å². The van der Waals surface area contributed by atoms with Crippen LogP contribution in [0.25, 0.3) is 0 Å². The van der Waals surface area contributed by atoms with Crippen molar-refractivity contribution in [2.45, 2.75) is 76.8 Å². The predicted molar refractivity (Wildman–Crippen MR) is 83.2 cm³/mol. The highest BCUT2D eigenvalue weighted by molar-refractivity contribution is 7.89. The van der Waals surface area contributed by atoms with E-state index in [4.69, 9.17) is 0 Å². The molecule has 1 aliphatic heterocycles. The van der Waals surface area contributed by atoms with E-state index >= 15 is 0 Å². The van der Waals surface area contributed by atoms with Crippen LogP contribution in [0, 0.1) is 5.92 Å². The van der Waals surface area contributed by atoms with Gasteiger partial charge in [-0.2, -0.15) is 0 Å². The first-order valence-corrected chi connectivity index (χ1v) is 9.95. The van der Waals surface area contributed by atoms with Gasteiger partial charge in [0.1, 0.15) is 0 Å². The zero-order valence-electron chi connectivity index (χ0n) is 12.7. The molecule has 1 heterocycles. The van der Waals surface area contributed by atoms with Gasteiger partial charge >= 0.3 is 0 Å². The van der Waals surface area contributed by atoms with E-state index in [2.05, 4.69) is 10.0 Å². The second-order valence-corrected chi connectivity index (χ2v) is 8.43. The quantitative estimate of drug-likeness (QED) is 0.792. The highest BCUT2D eigenvalue weighted by Crippen LogP contribution is 2.26. The van der Waals surface area contributed by atoms with E-state index in [1.807, 2.05) is 6.92 Å². The van der Waals surface area contributed by atoms with Crippen molar-refractivity contribution >= 4 is 10.0 Å². The van der Waals surface area contributed by atoms with Gasteiger partial charge in [0.05, 0.1) is 5.75 Å². The molecular weight excluding hydrogens is 272 g/mol. The fraction of sp³-hybridized carbons (Fsp3) is 1.00. The summed E-state index contributed by atoms with van der Waals surface area (Å²) in [5.41, 5.74) is 0. The summed E-state index contributed by atoms with van der Waals surface area (Å²) in [6.45, 7) is 3.07. The zero-order chi connectivity index (χ0) is 14.4. The number of rotatable bonds is 6. The van der Waals surface area contributed by atoms with E-state index in [1.54, 1.807) is 0 Å². The molecule has 0 aromatic rings. The highest BCUT2D eigenvalue weighted by atomic mass is 32.2. The minimum absolute atomic E-state index is 0.0969. The highest BCUT2D eigenvalue weighted by Gasteiger charge is 2.24. The monoisotopic (exact) mass is 302 g/mol. The van der Waals surface area contributed by atoms with Crippen molar-refractivity contribution in [1.82, 2.24) is 10.0 Å². The molecule has 0 aromatic carbocycles. The van der Waals surface area contributed by atoms with Crippen LogP contribution in [0.15, 0.2) is 0 Å². The minimum Gasteiger partial charge on any atom is -0.314 e. The SMILES string of the molecule is CC(NS(=O)(=O)CCC1CCCCN1)C1CCCCC1. The Morgan fingerprint density at radius 1 is 1.10 bits per heavy atom. The molecule has 0 aromatic heterocycles. The summed E-state index contributed by atoms with van der Waals surface area (Å²) < 4.78 is 27.3. The predicted octanol–water partition coefficient (Wildman–Crippen LogP) is 2.41. The third kappa shape index (κ3) is 5.34. The molecule has 1 saturated carbocycles. The van der Waals surface area contributed by atoms with E-state index < -0.39 is 10.0 Å². The minimum atomic E-state index is -3.12. The summed E-state index contributed by atoms with van der Waals surface area (Å²) >= 11 is 0. The first kappa shape index (κ1) is 16.2. The Labute approximate surface area is 124 Å². The molecular formula is C15H30N2O2S. The van der Waals surface area contributed by atoms with Gasteiger partial charge in [-0.05, 0) is 51.5 Å². The number of nitrogens with one attached hydrogen (secondary N) is 2. The van der Waals surface area contributed by atoms with Crippen molar-refractivity contribution in [3.05, 3.63) is 0 Å². The summed E-state index contributed by atoms with van der Waals surface area (Å²) in [6.07, 6.45) is 10.5. The van der Waals surface area contributed by atoms with Crippen LogP contribution in [0.2, 0.25) is 0 Å². The van der Waals surface area contributed by atoms with Crippen LogP contribution < -0.4 is 10.0 Å². The van der Waals surface area contributed by atoms with Crippen LogP contribution in [-0.4, -0.2) is 32.8 Å². The molecule has 2 N–H and O–H groups in total. The Balaban J connectivity index is 1.74. The maximum absolute atomic E-state index is 12.2. The molecule has 20 heavy (non-hydrogen) atoms. The van der Waals surface area contributed by atoms with Crippen molar-refractivity contribution in [1.29, 1.82) is 0 Å². The van der Waals surface area contributed by atoms with Crippen LogP contribution in [0.1, 0.15) is 64.7 Å². The molecule has 0 bridgehead atoms. The van der Waals surface area contributed by atoms with E-state index in [9.17, 15) is 8.42 Å². The van der Waals surface area contributed by atoms with Crippen molar-refractivity contribution in [3.8, 4) is 0 Å². The van der Waals surface area contributed by atoms with Crippen molar-refractivity contribution in [3.63, 3.8) is 0 Å². The Morgan fingerprint density at radius 3 is 2.45 bits per heavy atom. The van der Waals surface area contributed by atoms with Gasteiger partial charge in [0, 0.05) is 12.1 Å². The van der Waals surface area contributed by atoms with Crippen LogP contribution in [0.5, 0.6) is 0 Å². The van der Waals surface area contributed by atoms with E-state index in [0.717, 1.165) is 19.4 Å². The summed E-state index contributed by atoms with van der Waals surface area (Å²) in [7, 11) is -3.12. The van der Waals surface area contributed by atoms with Crippen molar-refractivity contribution in [2.75, 3.05) is 12.3 Å². The fourth-order valence-electron chi connectivity index (χ4n) is 3.54. The van der Waals surface area contributed by atoms with Crippen LogP contribution >= 0.6 is 0 Å². The number of hydrogen-bond donors (Lipinski definition) is 2. The molecule has 0 radical (unpaired) electrons. The lowest BCUT2D eigenvalue weighted by Crippen LogP contribution is -2.42. The Morgan fingerprint density at radius 2 is 1.80 bits per heavy atom.